The summed E-state index contributed by atoms with van der Waals surface area (Å²) in [4.78, 5) is 38.4. The number of furan rings is 1. The minimum atomic E-state index is -0.390. The molecule has 0 unspecified atom stereocenters. The van der Waals surface area contributed by atoms with E-state index >= 15 is 0 Å². The molecule has 0 bridgehead atoms. The number of aryl methyl sites for hydroxylation is 1. The van der Waals surface area contributed by atoms with Crippen LogP contribution in [0.5, 0.6) is 0 Å². The van der Waals surface area contributed by atoms with Crippen molar-refractivity contribution in [2.75, 3.05) is 6.54 Å². The second kappa shape index (κ2) is 9.53. The molecule has 2 N–H and O–H groups in total. The number of rotatable bonds is 6. The number of carbonyl (C=O) groups is 3. The first-order valence-electron chi connectivity index (χ1n) is 8.89. The van der Waals surface area contributed by atoms with E-state index in [1.165, 1.54) is 22.9 Å². The Labute approximate surface area is 177 Å². The maximum atomic E-state index is 12.5. The molecule has 1 aromatic heterocycles. The highest BCUT2D eigenvalue weighted by Gasteiger charge is 2.31. The van der Waals surface area contributed by atoms with E-state index in [-0.39, 0.29) is 18.2 Å². The molecule has 29 heavy (non-hydrogen) atoms. The summed E-state index contributed by atoms with van der Waals surface area (Å²) < 4.78 is 5.66. The van der Waals surface area contributed by atoms with Gasteiger partial charge in [0, 0.05) is 24.6 Å². The number of benzene rings is 1. The maximum absolute atomic E-state index is 12.5. The summed E-state index contributed by atoms with van der Waals surface area (Å²) in [5.74, 6) is -0.362. The van der Waals surface area contributed by atoms with Crippen LogP contribution in [-0.2, 0) is 9.59 Å². The second-order valence-corrected chi connectivity index (χ2v) is 8.00. The van der Waals surface area contributed by atoms with Crippen molar-refractivity contribution in [3.8, 4) is 0 Å². The van der Waals surface area contributed by atoms with Gasteiger partial charge in [0.05, 0.1) is 11.2 Å². The lowest BCUT2D eigenvalue weighted by Crippen LogP contribution is -2.41. The van der Waals surface area contributed by atoms with Crippen molar-refractivity contribution in [1.29, 1.82) is 0 Å². The van der Waals surface area contributed by atoms with Crippen LogP contribution >= 0.6 is 24.0 Å². The lowest BCUT2D eigenvalue weighted by molar-refractivity contribution is -0.124. The third-order valence-corrected chi connectivity index (χ3v) is 5.48. The Kier molecular flexibility index (Phi) is 6.84. The van der Waals surface area contributed by atoms with Crippen LogP contribution in [0.3, 0.4) is 0 Å². The standard InChI is InChI=1S/C20H19N3O4S2/c1-13-6-8-14(9-7-13)18(25)22-21-17(24)5-2-10-23-19(26)16(29-20(23)28)12-15-4-3-11-27-15/h3-4,6-9,11-12H,2,5,10H2,1H3,(H,21,24)(H,22,25)/b16-12+. The first-order valence-corrected chi connectivity index (χ1v) is 10.1. The number of hydrogen-bond donors (Lipinski definition) is 2. The lowest BCUT2D eigenvalue weighted by atomic mass is 10.1. The van der Waals surface area contributed by atoms with Crippen LogP contribution < -0.4 is 10.9 Å². The van der Waals surface area contributed by atoms with Crippen LogP contribution in [0.25, 0.3) is 6.08 Å². The summed E-state index contributed by atoms with van der Waals surface area (Å²) in [5.41, 5.74) is 6.25. The Morgan fingerprint density at radius 1 is 1.21 bits per heavy atom. The molecule has 0 saturated carbocycles. The number of carbonyl (C=O) groups excluding carboxylic acids is 3. The largest absolute Gasteiger partial charge is 0.465 e. The highest BCUT2D eigenvalue weighted by Crippen LogP contribution is 2.32. The number of nitrogens with zero attached hydrogens (tertiary/aromatic N) is 1. The average Bonchev–Trinajstić information content (AvgIpc) is 3.30. The molecule has 1 aromatic carbocycles. The van der Waals surface area contributed by atoms with E-state index in [0.717, 1.165) is 5.56 Å². The van der Waals surface area contributed by atoms with Gasteiger partial charge < -0.3 is 4.42 Å². The van der Waals surface area contributed by atoms with Crippen LogP contribution in [0.15, 0.2) is 52.0 Å². The number of thiocarbonyl (C=S) groups is 1. The minimum absolute atomic E-state index is 0.141. The van der Waals surface area contributed by atoms with Crippen molar-refractivity contribution in [3.63, 3.8) is 0 Å². The molecule has 7 nitrogen and oxygen atoms in total. The quantitative estimate of drug-likeness (QED) is 0.417. The van der Waals surface area contributed by atoms with E-state index in [4.69, 9.17) is 16.6 Å². The summed E-state index contributed by atoms with van der Waals surface area (Å²) in [6, 6.07) is 10.5. The predicted molar refractivity (Wildman–Crippen MR) is 115 cm³/mol. The topological polar surface area (TPSA) is 91.7 Å². The maximum Gasteiger partial charge on any atom is 0.269 e. The molecule has 1 saturated heterocycles. The monoisotopic (exact) mass is 429 g/mol. The van der Waals surface area contributed by atoms with E-state index in [2.05, 4.69) is 10.9 Å². The van der Waals surface area contributed by atoms with Gasteiger partial charge in [0.15, 0.2) is 0 Å². The van der Waals surface area contributed by atoms with Crippen LogP contribution in [0.1, 0.15) is 34.5 Å². The molecule has 0 spiro atoms. The number of hydrazine groups is 1. The zero-order valence-corrected chi connectivity index (χ0v) is 17.3. The van der Waals surface area contributed by atoms with E-state index in [9.17, 15) is 14.4 Å². The first kappa shape index (κ1) is 20.8. The lowest BCUT2D eigenvalue weighted by Gasteiger charge is -2.14. The summed E-state index contributed by atoms with van der Waals surface area (Å²) in [5, 5.41) is 0. The van der Waals surface area contributed by atoms with Crippen LogP contribution in [0.4, 0.5) is 0 Å². The third-order valence-electron chi connectivity index (χ3n) is 4.10. The molecule has 1 aliphatic rings. The number of nitrogens with one attached hydrogen (secondary N) is 2. The second-order valence-electron chi connectivity index (χ2n) is 6.32. The highest BCUT2D eigenvalue weighted by molar-refractivity contribution is 8.26. The zero-order valence-electron chi connectivity index (χ0n) is 15.6. The van der Waals surface area contributed by atoms with E-state index < -0.39 is 5.91 Å². The van der Waals surface area contributed by atoms with Gasteiger partial charge in [0.2, 0.25) is 5.91 Å². The molecule has 2 heterocycles. The van der Waals surface area contributed by atoms with Gasteiger partial charge in [-0.1, -0.05) is 41.7 Å². The SMILES string of the molecule is Cc1ccc(C(=O)NNC(=O)CCCN2C(=O)/C(=C\c3ccco3)SC2=S)cc1. The summed E-state index contributed by atoms with van der Waals surface area (Å²) in [7, 11) is 0. The van der Waals surface area contributed by atoms with Crippen molar-refractivity contribution in [1.82, 2.24) is 15.8 Å². The Bertz CT molecular complexity index is 953. The molecule has 150 valence electrons. The van der Waals surface area contributed by atoms with Crippen LogP contribution in [0, 0.1) is 6.92 Å². The molecular formula is C20H19N3O4S2. The van der Waals surface area contributed by atoms with Crippen LogP contribution in [0.2, 0.25) is 0 Å². The predicted octanol–water partition coefficient (Wildman–Crippen LogP) is 3.03. The molecular weight excluding hydrogens is 410 g/mol. The fourth-order valence-corrected chi connectivity index (χ4v) is 3.85. The van der Waals surface area contributed by atoms with Crippen molar-refractivity contribution in [2.45, 2.75) is 19.8 Å². The normalized spacial score (nSPS) is 15.1. The average molecular weight is 430 g/mol. The molecule has 2 aromatic rings. The van der Waals surface area contributed by atoms with Gasteiger partial charge in [-0.2, -0.15) is 0 Å². The van der Waals surface area contributed by atoms with Gasteiger partial charge in [0.1, 0.15) is 10.1 Å². The summed E-state index contributed by atoms with van der Waals surface area (Å²) >= 11 is 6.46. The molecule has 1 aliphatic heterocycles. The van der Waals surface area contributed by atoms with Gasteiger partial charge in [-0.25, -0.2) is 0 Å². The van der Waals surface area contributed by atoms with Crippen LogP contribution in [-0.4, -0.2) is 33.5 Å². The molecule has 3 rings (SSSR count). The van der Waals surface area contributed by atoms with Gasteiger partial charge in [-0.05, 0) is 37.6 Å². The van der Waals surface area contributed by atoms with E-state index in [0.29, 0.717) is 33.5 Å². The number of amides is 3. The zero-order chi connectivity index (χ0) is 20.8. The number of thioether (sulfide) groups is 1. The molecule has 1 fully saturated rings. The van der Waals surface area contributed by atoms with Gasteiger partial charge in [-0.15, -0.1) is 0 Å². The molecule has 9 heteroatoms. The van der Waals surface area contributed by atoms with Gasteiger partial charge >= 0.3 is 0 Å². The Morgan fingerprint density at radius 3 is 2.66 bits per heavy atom. The van der Waals surface area contributed by atoms with Crippen molar-refractivity contribution >= 4 is 52.1 Å². The fraction of sp³-hybridized carbons (Fsp3) is 0.200. The molecule has 0 radical (unpaired) electrons. The molecule has 0 atom stereocenters. The Morgan fingerprint density at radius 2 is 1.97 bits per heavy atom. The smallest absolute Gasteiger partial charge is 0.269 e. The van der Waals surface area contributed by atoms with Gasteiger partial charge in [0.25, 0.3) is 11.8 Å². The number of hydrogen-bond acceptors (Lipinski definition) is 6. The fourth-order valence-electron chi connectivity index (χ4n) is 2.56. The summed E-state index contributed by atoms with van der Waals surface area (Å²) in [6.07, 6.45) is 3.73. The summed E-state index contributed by atoms with van der Waals surface area (Å²) in [6.45, 7) is 2.24. The Balaban J connectivity index is 1.43. The van der Waals surface area contributed by atoms with E-state index in [1.807, 2.05) is 19.1 Å². The third kappa shape index (κ3) is 5.55. The van der Waals surface area contributed by atoms with Crippen molar-refractivity contribution in [2.24, 2.45) is 0 Å². The van der Waals surface area contributed by atoms with Crippen molar-refractivity contribution in [3.05, 3.63) is 64.5 Å². The molecule has 3 amide bonds. The Hall–Kier alpha value is -2.91. The highest BCUT2D eigenvalue weighted by atomic mass is 32.2. The minimum Gasteiger partial charge on any atom is -0.465 e. The van der Waals surface area contributed by atoms with Crippen molar-refractivity contribution < 1.29 is 18.8 Å². The van der Waals surface area contributed by atoms with E-state index in [1.54, 1.807) is 30.3 Å². The molecule has 0 aliphatic carbocycles. The first-order chi connectivity index (χ1) is 13.9. The van der Waals surface area contributed by atoms with Gasteiger partial charge in [-0.3, -0.25) is 30.1 Å².